The molecule has 0 aromatic carbocycles. The first-order chi connectivity index (χ1) is 7.49. The van der Waals surface area contributed by atoms with Crippen LogP contribution in [0.1, 0.15) is 24.3 Å². The average molecular weight is 239 g/mol. The molecular weight excluding hydrogens is 222 g/mol. The lowest BCUT2D eigenvalue weighted by atomic mass is 9.92. The highest BCUT2D eigenvalue weighted by Crippen LogP contribution is 2.26. The molecule has 0 unspecified atom stereocenters. The van der Waals surface area contributed by atoms with E-state index in [1.54, 1.807) is 13.8 Å². The lowest BCUT2D eigenvalue weighted by Gasteiger charge is -2.32. The van der Waals surface area contributed by atoms with Gasteiger partial charge in [-0.05, 0) is 37.3 Å². The van der Waals surface area contributed by atoms with Gasteiger partial charge in [0.15, 0.2) is 0 Å². The van der Waals surface area contributed by atoms with Crippen LogP contribution in [0.5, 0.6) is 0 Å². The Labute approximate surface area is 99.7 Å². The third kappa shape index (κ3) is 2.28. The van der Waals surface area contributed by atoms with Gasteiger partial charge in [-0.25, -0.2) is 0 Å². The summed E-state index contributed by atoms with van der Waals surface area (Å²) in [6, 6.07) is 2.15. The molecule has 0 spiro atoms. The van der Waals surface area contributed by atoms with E-state index < -0.39 is 11.4 Å². The third-order valence-corrected chi connectivity index (χ3v) is 4.11. The van der Waals surface area contributed by atoms with Crippen molar-refractivity contribution < 1.29 is 9.90 Å². The maximum Gasteiger partial charge on any atom is 0.310 e. The van der Waals surface area contributed by atoms with Crippen molar-refractivity contribution >= 4 is 17.3 Å². The Morgan fingerprint density at radius 1 is 1.62 bits per heavy atom. The molecule has 1 aromatic heterocycles. The van der Waals surface area contributed by atoms with Crippen molar-refractivity contribution in [2.24, 2.45) is 5.41 Å². The summed E-state index contributed by atoms with van der Waals surface area (Å²) in [5.74, 6) is -0.719. The smallest absolute Gasteiger partial charge is 0.310 e. The molecule has 2 rings (SSSR count). The van der Waals surface area contributed by atoms with Crippen LogP contribution in [-0.2, 0) is 17.8 Å². The number of carbonyl (C=O) groups is 1. The Morgan fingerprint density at radius 2 is 2.38 bits per heavy atom. The Bertz CT molecular complexity index is 397. The summed E-state index contributed by atoms with van der Waals surface area (Å²) in [6.45, 7) is 6.08. The molecule has 0 saturated heterocycles. The van der Waals surface area contributed by atoms with E-state index in [0.29, 0.717) is 6.54 Å². The summed E-state index contributed by atoms with van der Waals surface area (Å²) in [7, 11) is 0. The molecule has 3 nitrogen and oxygen atoms in total. The zero-order valence-electron chi connectivity index (χ0n) is 9.69. The number of rotatable bonds is 3. The number of nitrogens with zero attached hydrogens (tertiary/aromatic N) is 1. The largest absolute Gasteiger partial charge is 0.481 e. The monoisotopic (exact) mass is 239 g/mol. The van der Waals surface area contributed by atoms with Crippen LogP contribution in [0.3, 0.4) is 0 Å². The SMILES string of the molecule is CC(C)(CN1CCc2sccc2C1)C(=O)O. The zero-order chi connectivity index (χ0) is 11.8. The predicted molar refractivity (Wildman–Crippen MR) is 64.7 cm³/mol. The number of hydrogen-bond acceptors (Lipinski definition) is 3. The number of fused-ring (bicyclic) bond motifs is 1. The molecule has 0 fully saturated rings. The quantitative estimate of drug-likeness (QED) is 0.879. The normalized spacial score (nSPS) is 17.1. The van der Waals surface area contributed by atoms with Gasteiger partial charge < -0.3 is 5.11 Å². The Morgan fingerprint density at radius 3 is 3.06 bits per heavy atom. The summed E-state index contributed by atoms with van der Waals surface area (Å²) in [4.78, 5) is 14.8. The van der Waals surface area contributed by atoms with Gasteiger partial charge in [-0.3, -0.25) is 9.69 Å². The summed E-state index contributed by atoms with van der Waals surface area (Å²) in [6.07, 6.45) is 1.06. The maximum absolute atomic E-state index is 11.1. The molecule has 88 valence electrons. The van der Waals surface area contributed by atoms with Gasteiger partial charge in [-0.15, -0.1) is 11.3 Å². The summed E-state index contributed by atoms with van der Waals surface area (Å²) < 4.78 is 0. The fourth-order valence-corrected chi connectivity index (χ4v) is 2.96. The van der Waals surface area contributed by atoms with E-state index in [2.05, 4.69) is 16.3 Å². The highest BCUT2D eigenvalue weighted by Gasteiger charge is 2.31. The molecule has 1 N–H and O–H groups in total. The number of carboxylic acids is 1. The molecular formula is C12H17NO2S. The summed E-state index contributed by atoms with van der Waals surface area (Å²) in [5.41, 5.74) is 0.713. The van der Waals surface area contributed by atoms with Gasteiger partial charge >= 0.3 is 5.97 Å². The molecule has 1 aliphatic heterocycles. The van der Waals surface area contributed by atoms with E-state index in [-0.39, 0.29) is 0 Å². The first-order valence-electron chi connectivity index (χ1n) is 5.50. The van der Waals surface area contributed by atoms with Crippen LogP contribution in [0, 0.1) is 5.41 Å². The molecule has 0 bridgehead atoms. The van der Waals surface area contributed by atoms with E-state index in [0.717, 1.165) is 19.5 Å². The number of carboxylic acid groups (broad SMARTS) is 1. The highest BCUT2D eigenvalue weighted by molar-refractivity contribution is 7.10. The Balaban J connectivity index is 2.02. The molecule has 0 amide bonds. The molecule has 1 aromatic rings. The van der Waals surface area contributed by atoms with E-state index in [9.17, 15) is 4.79 Å². The number of hydrogen-bond donors (Lipinski definition) is 1. The predicted octanol–water partition coefficient (Wildman–Crippen LogP) is 2.22. The summed E-state index contributed by atoms with van der Waals surface area (Å²) >= 11 is 1.81. The van der Waals surface area contributed by atoms with Gasteiger partial charge in [0, 0.05) is 24.5 Å². The van der Waals surface area contributed by atoms with Gasteiger partial charge in [0.1, 0.15) is 0 Å². The number of aliphatic carboxylic acids is 1. The second kappa shape index (κ2) is 4.18. The first kappa shape index (κ1) is 11.6. The van der Waals surface area contributed by atoms with Crippen molar-refractivity contribution in [1.29, 1.82) is 0 Å². The first-order valence-corrected chi connectivity index (χ1v) is 6.38. The molecule has 4 heteroatoms. The lowest BCUT2D eigenvalue weighted by molar-refractivity contribution is -0.148. The van der Waals surface area contributed by atoms with Crippen LogP contribution in [0.4, 0.5) is 0 Å². The fraction of sp³-hybridized carbons (Fsp3) is 0.583. The van der Waals surface area contributed by atoms with Crippen LogP contribution >= 0.6 is 11.3 Å². The van der Waals surface area contributed by atoms with Gasteiger partial charge in [0.05, 0.1) is 5.41 Å². The Kier molecular flexibility index (Phi) is 3.04. The minimum atomic E-state index is -0.719. The topological polar surface area (TPSA) is 40.5 Å². The van der Waals surface area contributed by atoms with Gasteiger partial charge in [-0.2, -0.15) is 0 Å². The van der Waals surface area contributed by atoms with E-state index >= 15 is 0 Å². The standard InChI is InChI=1S/C12H17NO2S/c1-12(2,11(14)15)8-13-5-3-10-9(7-13)4-6-16-10/h4,6H,3,5,7-8H2,1-2H3,(H,14,15). The van der Waals surface area contributed by atoms with Crippen LogP contribution in [0.25, 0.3) is 0 Å². The van der Waals surface area contributed by atoms with Crippen LogP contribution in [-0.4, -0.2) is 29.1 Å². The van der Waals surface area contributed by atoms with Crippen LogP contribution in [0.2, 0.25) is 0 Å². The lowest BCUT2D eigenvalue weighted by Crippen LogP contribution is -2.41. The molecule has 0 atom stereocenters. The molecule has 0 radical (unpaired) electrons. The van der Waals surface area contributed by atoms with Crippen molar-refractivity contribution in [3.63, 3.8) is 0 Å². The maximum atomic E-state index is 11.1. The number of thiophene rings is 1. The highest BCUT2D eigenvalue weighted by atomic mass is 32.1. The van der Waals surface area contributed by atoms with Crippen molar-refractivity contribution in [3.05, 3.63) is 21.9 Å². The average Bonchev–Trinajstić information content (AvgIpc) is 2.63. The molecule has 0 saturated carbocycles. The second-order valence-corrected chi connectivity index (χ2v) is 6.02. The molecule has 2 heterocycles. The Hall–Kier alpha value is -0.870. The second-order valence-electron chi connectivity index (χ2n) is 5.02. The third-order valence-electron chi connectivity index (χ3n) is 3.08. The zero-order valence-corrected chi connectivity index (χ0v) is 10.5. The van der Waals surface area contributed by atoms with Gasteiger partial charge in [0.2, 0.25) is 0 Å². The van der Waals surface area contributed by atoms with Crippen molar-refractivity contribution in [2.45, 2.75) is 26.8 Å². The van der Waals surface area contributed by atoms with E-state index in [1.165, 1.54) is 10.4 Å². The van der Waals surface area contributed by atoms with Crippen molar-refractivity contribution in [2.75, 3.05) is 13.1 Å². The fourth-order valence-electron chi connectivity index (χ4n) is 2.07. The minimum Gasteiger partial charge on any atom is -0.481 e. The van der Waals surface area contributed by atoms with Crippen LogP contribution in [0.15, 0.2) is 11.4 Å². The van der Waals surface area contributed by atoms with Crippen molar-refractivity contribution in [1.82, 2.24) is 4.90 Å². The van der Waals surface area contributed by atoms with E-state index in [1.807, 2.05) is 11.3 Å². The summed E-state index contributed by atoms with van der Waals surface area (Å²) in [5, 5.41) is 11.2. The molecule has 0 aliphatic carbocycles. The van der Waals surface area contributed by atoms with Crippen molar-refractivity contribution in [3.8, 4) is 0 Å². The molecule has 1 aliphatic rings. The molecule has 16 heavy (non-hydrogen) atoms. The van der Waals surface area contributed by atoms with Gasteiger partial charge in [0.25, 0.3) is 0 Å². The van der Waals surface area contributed by atoms with Crippen LogP contribution < -0.4 is 0 Å². The van der Waals surface area contributed by atoms with E-state index in [4.69, 9.17) is 5.11 Å². The van der Waals surface area contributed by atoms with Gasteiger partial charge in [-0.1, -0.05) is 0 Å². The minimum absolute atomic E-state index is 0.623.